The van der Waals surface area contributed by atoms with Gasteiger partial charge in [-0.15, -0.1) is 0 Å². The monoisotopic (exact) mass is 355 g/mol. The Morgan fingerprint density at radius 3 is 2.81 bits per heavy atom. The highest BCUT2D eigenvalue weighted by Crippen LogP contribution is 2.16. The van der Waals surface area contributed by atoms with Crippen LogP contribution in [0.1, 0.15) is 34.7 Å². The van der Waals surface area contributed by atoms with Gasteiger partial charge in [-0.1, -0.05) is 18.2 Å². The zero-order valence-electron chi connectivity index (χ0n) is 15.4. The van der Waals surface area contributed by atoms with Crippen molar-refractivity contribution in [2.45, 2.75) is 32.8 Å². The van der Waals surface area contributed by atoms with Gasteiger partial charge in [0.15, 0.2) is 0 Å². The molecule has 26 heavy (non-hydrogen) atoms. The minimum Gasteiger partial charge on any atom is -0.492 e. The molecule has 3 rings (SSSR count). The van der Waals surface area contributed by atoms with Crippen LogP contribution >= 0.6 is 0 Å². The van der Waals surface area contributed by atoms with Gasteiger partial charge < -0.3 is 14.4 Å². The first-order valence-corrected chi connectivity index (χ1v) is 9.02. The van der Waals surface area contributed by atoms with Crippen molar-refractivity contribution in [3.05, 3.63) is 53.6 Å². The highest BCUT2D eigenvalue weighted by Gasteiger charge is 2.25. The van der Waals surface area contributed by atoms with Crippen LogP contribution in [-0.2, 0) is 4.74 Å². The van der Waals surface area contributed by atoms with Gasteiger partial charge in [-0.2, -0.15) is 0 Å². The number of para-hydroxylation sites is 1. The number of hydrogen-bond donors (Lipinski definition) is 0. The number of ether oxygens (including phenoxy) is 2. The molecule has 0 bridgehead atoms. The summed E-state index contributed by atoms with van der Waals surface area (Å²) >= 11 is 0. The molecule has 138 valence electrons. The summed E-state index contributed by atoms with van der Waals surface area (Å²) in [6.07, 6.45) is 3.72. The third-order valence-electron chi connectivity index (χ3n) is 4.44. The molecule has 6 nitrogen and oxygen atoms in total. The minimum absolute atomic E-state index is 0.0744. The highest BCUT2D eigenvalue weighted by atomic mass is 16.5. The average Bonchev–Trinajstić information content (AvgIpc) is 3.14. The molecule has 1 aliphatic rings. The molecule has 1 aromatic heterocycles. The first-order valence-electron chi connectivity index (χ1n) is 9.02. The number of rotatable bonds is 7. The lowest BCUT2D eigenvalue weighted by Crippen LogP contribution is -2.40. The Morgan fingerprint density at radius 1 is 1.31 bits per heavy atom. The fourth-order valence-corrected chi connectivity index (χ4v) is 3.06. The minimum atomic E-state index is -0.0744. The molecule has 0 aliphatic carbocycles. The van der Waals surface area contributed by atoms with E-state index in [2.05, 4.69) is 9.97 Å². The van der Waals surface area contributed by atoms with E-state index in [0.717, 1.165) is 25.2 Å². The first-order chi connectivity index (χ1) is 12.6. The van der Waals surface area contributed by atoms with Crippen LogP contribution in [0.15, 0.2) is 36.5 Å². The fraction of sp³-hybridized carbons (Fsp3) is 0.450. The van der Waals surface area contributed by atoms with E-state index in [9.17, 15) is 4.79 Å². The first kappa shape index (κ1) is 18.3. The van der Waals surface area contributed by atoms with Crippen molar-refractivity contribution in [3.8, 4) is 5.75 Å². The van der Waals surface area contributed by atoms with E-state index in [4.69, 9.17) is 9.47 Å². The van der Waals surface area contributed by atoms with E-state index in [1.807, 2.05) is 44.2 Å². The van der Waals surface area contributed by atoms with E-state index < -0.39 is 0 Å². The SMILES string of the molecule is Cc1ncc(C(=O)N(CCOc2ccccc2)CC2CCCO2)c(C)n1. The summed E-state index contributed by atoms with van der Waals surface area (Å²) in [6, 6.07) is 9.62. The quantitative estimate of drug-likeness (QED) is 0.764. The number of aryl methyl sites for hydroxylation is 2. The third-order valence-corrected chi connectivity index (χ3v) is 4.44. The van der Waals surface area contributed by atoms with E-state index in [1.54, 1.807) is 11.1 Å². The normalized spacial score (nSPS) is 16.5. The van der Waals surface area contributed by atoms with Crippen LogP contribution < -0.4 is 4.74 Å². The Kier molecular flexibility index (Phi) is 6.17. The zero-order chi connectivity index (χ0) is 18.4. The number of amides is 1. The van der Waals surface area contributed by atoms with Crippen molar-refractivity contribution in [3.63, 3.8) is 0 Å². The van der Waals surface area contributed by atoms with Gasteiger partial charge in [0.1, 0.15) is 18.2 Å². The Bertz CT molecular complexity index is 730. The predicted octanol–water partition coefficient (Wildman–Crippen LogP) is 2.79. The average molecular weight is 355 g/mol. The molecule has 1 fully saturated rings. The predicted molar refractivity (Wildman–Crippen MR) is 98.3 cm³/mol. The number of aromatic nitrogens is 2. The van der Waals surface area contributed by atoms with Crippen LogP contribution in [0.4, 0.5) is 0 Å². The lowest BCUT2D eigenvalue weighted by molar-refractivity contribution is 0.0492. The van der Waals surface area contributed by atoms with Gasteiger partial charge in [0.25, 0.3) is 5.91 Å². The number of hydrogen-bond acceptors (Lipinski definition) is 5. The fourth-order valence-electron chi connectivity index (χ4n) is 3.06. The van der Waals surface area contributed by atoms with Crippen LogP contribution in [0.2, 0.25) is 0 Å². The van der Waals surface area contributed by atoms with Gasteiger partial charge >= 0.3 is 0 Å². The molecule has 0 spiro atoms. The molecule has 0 N–H and O–H groups in total. The summed E-state index contributed by atoms with van der Waals surface area (Å²) in [4.78, 5) is 23.3. The van der Waals surface area contributed by atoms with Gasteiger partial charge in [-0.3, -0.25) is 4.79 Å². The van der Waals surface area contributed by atoms with Gasteiger partial charge in [-0.05, 0) is 38.8 Å². The smallest absolute Gasteiger partial charge is 0.257 e. The summed E-state index contributed by atoms with van der Waals surface area (Å²) in [7, 11) is 0. The van der Waals surface area contributed by atoms with E-state index in [1.165, 1.54) is 0 Å². The second-order valence-electron chi connectivity index (χ2n) is 6.46. The third kappa shape index (κ3) is 4.79. The molecular weight excluding hydrogens is 330 g/mol. The van der Waals surface area contributed by atoms with Crippen molar-refractivity contribution in [1.29, 1.82) is 0 Å². The molecule has 6 heteroatoms. The molecule has 0 radical (unpaired) electrons. The lowest BCUT2D eigenvalue weighted by atomic mass is 10.1. The summed E-state index contributed by atoms with van der Waals surface area (Å²) in [5, 5.41) is 0. The van der Waals surface area contributed by atoms with Crippen LogP contribution in [0.25, 0.3) is 0 Å². The van der Waals surface area contributed by atoms with E-state index >= 15 is 0 Å². The van der Waals surface area contributed by atoms with Crippen LogP contribution in [0, 0.1) is 13.8 Å². The molecular formula is C20H25N3O3. The topological polar surface area (TPSA) is 64.6 Å². The van der Waals surface area contributed by atoms with Crippen LogP contribution in [0.3, 0.4) is 0 Å². The molecule has 0 saturated carbocycles. The van der Waals surface area contributed by atoms with E-state index in [-0.39, 0.29) is 12.0 Å². The number of carbonyl (C=O) groups is 1. The van der Waals surface area contributed by atoms with Crippen LogP contribution in [0.5, 0.6) is 5.75 Å². The van der Waals surface area contributed by atoms with Crippen molar-refractivity contribution in [2.75, 3.05) is 26.3 Å². The molecule has 1 unspecified atom stereocenters. The van der Waals surface area contributed by atoms with Crippen molar-refractivity contribution >= 4 is 5.91 Å². The molecule has 1 saturated heterocycles. The molecule has 1 aliphatic heterocycles. The summed E-state index contributed by atoms with van der Waals surface area (Å²) in [6.45, 7) is 5.89. The Hall–Kier alpha value is -2.47. The number of nitrogens with zero attached hydrogens (tertiary/aromatic N) is 3. The second kappa shape index (κ2) is 8.76. The summed E-state index contributed by atoms with van der Waals surface area (Å²) in [5.41, 5.74) is 1.23. The van der Waals surface area contributed by atoms with E-state index in [0.29, 0.717) is 36.8 Å². The van der Waals surface area contributed by atoms with Gasteiger partial charge in [0, 0.05) is 19.3 Å². The number of carbonyl (C=O) groups excluding carboxylic acids is 1. The Labute approximate surface area is 154 Å². The maximum absolute atomic E-state index is 13.0. The molecule has 1 atom stereocenters. The number of benzene rings is 1. The molecule has 2 heterocycles. The van der Waals surface area contributed by atoms with Crippen molar-refractivity contribution < 1.29 is 14.3 Å². The van der Waals surface area contributed by atoms with Crippen LogP contribution in [-0.4, -0.2) is 53.2 Å². The van der Waals surface area contributed by atoms with Gasteiger partial charge in [0.2, 0.25) is 0 Å². The zero-order valence-corrected chi connectivity index (χ0v) is 15.4. The highest BCUT2D eigenvalue weighted by molar-refractivity contribution is 5.95. The van der Waals surface area contributed by atoms with Crippen molar-refractivity contribution in [1.82, 2.24) is 14.9 Å². The van der Waals surface area contributed by atoms with Gasteiger partial charge in [-0.25, -0.2) is 9.97 Å². The standard InChI is InChI=1S/C20H25N3O3/c1-15-19(13-21-16(2)22-15)20(24)23(14-18-9-6-11-25-18)10-12-26-17-7-4-3-5-8-17/h3-5,7-8,13,18H,6,9-12,14H2,1-2H3. The second-order valence-corrected chi connectivity index (χ2v) is 6.46. The van der Waals surface area contributed by atoms with Crippen molar-refractivity contribution in [2.24, 2.45) is 0 Å². The maximum atomic E-state index is 13.0. The lowest BCUT2D eigenvalue weighted by Gasteiger charge is -2.26. The summed E-state index contributed by atoms with van der Waals surface area (Å²) < 4.78 is 11.5. The molecule has 1 aromatic carbocycles. The molecule has 2 aromatic rings. The molecule has 1 amide bonds. The maximum Gasteiger partial charge on any atom is 0.257 e. The summed E-state index contributed by atoms with van der Waals surface area (Å²) in [5.74, 6) is 1.39. The Balaban J connectivity index is 1.68. The largest absolute Gasteiger partial charge is 0.492 e. The Morgan fingerprint density at radius 2 is 2.12 bits per heavy atom. The van der Waals surface area contributed by atoms with Gasteiger partial charge in [0.05, 0.1) is 23.9 Å².